The Morgan fingerprint density at radius 2 is 1.61 bits per heavy atom. The average Bonchev–Trinajstić information content (AvgIpc) is 2.94. The van der Waals surface area contributed by atoms with Crippen LogP contribution in [0.5, 0.6) is 28.7 Å². The Labute approximate surface area is 162 Å². The summed E-state index contributed by atoms with van der Waals surface area (Å²) in [4.78, 5) is 12.6. The molecule has 0 amide bonds. The molecule has 0 saturated carbocycles. The Balaban J connectivity index is 1.97. The van der Waals surface area contributed by atoms with Gasteiger partial charge in [-0.2, -0.15) is 8.42 Å². The average molecular weight is 406 g/mol. The first-order chi connectivity index (χ1) is 13.3. The summed E-state index contributed by atoms with van der Waals surface area (Å²) in [6.07, 6.45) is 2.46. The van der Waals surface area contributed by atoms with Crippen molar-refractivity contribution in [2.75, 3.05) is 27.6 Å². The third-order valence-corrected chi connectivity index (χ3v) is 4.37. The summed E-state index contributed by atoms with van der Waals surface area (Å²) < 4.78 is 48.8. The number of Topliss-reactive ketones (excluding diaryl/α,β-unsaturated/α-hetero) is 1. The van der Waals surface area contributed by atoms with Crippen LogP contribution in [0.2, 0.25) is 0 Å². The van der Waals surface area contributed by atoms with Crippen molar-refractivity contribution in [1.82, 2.24) is 0 Å². The first-order valence-electron chi connectivity index (χ1n) is 8.03. The lowest BCUT2D eigenvalue weighted by Gasteiger charge is -2.13. The molecule has 0 N–H and O–H groups in total. The SMILES string of the molecule is COc1cc(/C=C2/Oc3cc(OS(C)(=O)=O)ccc3C2=O)cc(OC)c1OC. The standard InChI is InChI=1S/C19H18O8S/c1-23-16-8-11(9-17(24-2)19(16)25-3)7-15-18(20)13-6-5-12(10-14(13)26-15)27-28(4,21)22/h5-10H,1-4H3/b15-7+. The van der Waals surface area contributed by atoms with Gasteiger partial charge < -0.3 is 23.1 Å². The van der Waals surface area contributed by atoms with Gasteiger partial charge in [-0.3, -0.25) is 4.79 Å². The van der Waals surface area contributed by atoms with Gasteiger partial charge in [0.1, 0.15) is 11.5 Å². The molecule has 28 heavy (non-hydrogen) atoms. The molecule has 2 aromatic rings. The summed E-state index contributed by atoms with van der Waals surface area (Å²) in [5, 5.41) is 0. The summed E-state index contributed by atoms with van der Waals surface area (Å²) in [5.41, 5.74) is 0.901. The van der Waals surface area contributed by atoms with Crippen molar-refractivity contribution in [3.8, 4) is 28.7 Å². The van der Waals surface area contributed by atoms with E-state index >= 15 is 0 Å². The molecule has 0 unspecified atom stereocenters. The molecule has 1 aliphatic heterocycles. The number of rotatable bonds is 6. The fourth-order valence-electron chi connectivity index (χ4n) is 2.73. The number of allylic oxidation sites excluding steroid dienone is 1. The van der Waals surface area contributed by atoms with Crippen LogP contribution in [0.25, 0.3) is 6.08 Å². The number of benzene rings is 2. The number of methoxy groups -OCH3 is 3. The van der Waals surface area contributed by atoms with Gasteiger partial charge in [0.05, 0.1) is 33.1 Å². The minimum absolute atomic E-state index is 0.0584. The van der Waals surface area contributed by atoms with Gasteiger partial charge in [0.25, 0.3) is 0 Å². The van der Waals surface area contributed by atoms with Gasteiger partial charge >= 0.3 is 10.1 Å². The molecule has 1 aliphatic rings. The van der Waals surface area contributed by atoms with Gasteiger partial charge in [-0.15, -0.1) is 0 Å². The topological polar surface area (TPSA) is 97.4 Å². The molecule has 0 fully saturated rings. The van der Waals surface area contributed by atoms with Gasteiger partial charge in [0.15, 0.2) is 17.3 Å². The second-order valence-electron chi connectivity index (χ2n) is 5.84. The van der Waals surface area contributed by atoms with E-state index in [0.717, 1.165) is 6.26 Å². The largest absolute Gasteiger partial charge is 0.493 e. The van der Waals surface area contributed by atoms with Crippen LogP contribution in [-0.2, 0) is 10.1 Å². The lowest BCUT2D eigenvalue weighted by atomic mass is 10.1. The van der Waals surface area contributed by atoms with E-state index in [0.29, 0.717) is 28.4 Å². The molecule has 8 nitrogen and oxygen atoms in total. The number of carbonyl (C=O) groups is 1. The van der Waals surface area contributed by atoms with Crippen LogP contribution in [0, 0.1) is 0 Å². The summed E-state index contributed by atoms with van der Waals surface area (Å²) in [6, 6.07) is 7.54. The Kier molecular flexibility index (Phi) is 5.19. The van der Waals surface area contributed by atoms with E-state index < -0.39 is 10.1 Å². The second-order valence-corrected chi connectivity index (χ2v) is 7.42. The highest BCUT2D eigenvalue weighted by Crippen LogP contribution is 2.40. The number of ketones is 1. The van der Waals surface area contributed by atoms with E-state index in [1.807, 2.05) is 0 Å². The number of ether oxygens (including phenoxy) is 4. The Morgan fingerprint density at radius 1 is 0.964 bits per heavy atom. The first-order valence-corrected chi connectivity index (χ1v) is 9.85. The first kappa shape index (κ1) is 19.6. The maximum atomic E-state index is 12.6. The predicted molar refractivity (Wildman–Crippen MR) is 101 cm³/mol. The third kappa shape index (κ3) is 3.89. The summed E-state index contributed by atoms with van der Waals surface area (Å²) in [7, 11) is 0.789. The highest BCUT2D eigenvalue weighted by molar-refractivity contribution is 7.86. The lowest BCUT2D eigenvalue weighted by Crippen LogP contribution is -2.05. The minimum atomic E-state index is -3.69. The Hall–Kier alpha value is -3.20. The van der Waals surface area contributed by atoms with Crippen molar-refractivity contribution >= 4 is 22.0 Å². The molecule has 1 heterocycles. The van der Waals surface area contributed by atoms with Crippen LogP contribution in [0.4, 0.5) is 0 Å². The van der Waals surface area contributed by atoms with Gasteiger partial charge in [0, 0.05) is 6.07 Å². The molecular weight excluding hydrogens is 388 g/mol. The van der Waals surface area contributed by atoms with Crippen LogP contribution in [0.3, 0.4) is 0 Å². The van der Waals surface area contributed by atoms with E-state index in [-0.39, 0.29) is 23.0 Å². The van der Waals surface area contributed by atoms with E-state index in [1.54, 1.807) is 12.1 Å². The number of fused-ring (bicyclic) bond motifs is 1. The predicted octanol–water partition coefficient (Wildman–Crippen LogP) is 2.67. The third-order valence-electron chi connectivity index (χ3n) is 3.87. The fraction of sp³-hybridized carbons (Fsp3) is 0.211. The normalized spacial score (nSPS) is 14.4. The number of hydrogen-bond donors (Lipinski definition) is 0. The van der Waals surface area contributed by atoms with Crippen molar-refractivity contribution in [1.29, 1.82) is 0 Å². The highest BCUT2D eigenvalue weighted by atomic mass is 32.2. The molecule has 0 radical (unpaired) electrons. The van der Waals surface area contributed by atoms with Crippen LogP contribution < -0.4 is 23.1 Å². The summed E-state index contributed by atoms with van der Waals surface area (Å²) in [6.45, 7) is 0. The molecule has 0 spiro atoms. The van der Waals surface area contributed by atoms with Gasteiger partial charge in [-0.25, -0.2) is 0 Å². The molecule has 2 aromatic carbocycles. The Morgan fingerprint density at radius 3 is 2.14 bits per heavy atom. The highest BCUT2D eigenvalue weighted by Gasteiger charge is 2.28. The van der Waals surface area contributed by atoms with E-state index in [4.69, 9.17) is 23.1 Å². The van der Waals surface area contributed by atoms with Crippen molar-refractivity contribution < 1.29 is 36.3 Å². The number of carbonyl (C=O) groups excluding carboxylic acids is 1. The minimum Gasteiger partial charge on any atom is -0.493 e. The van der Waals surface area contributed by atoms with E-state index in [9.17, 15) is 13.2 Å². The maximum absolute atomic E-state index is 12.6. The molecule has 0 atom stereocenters. The van der Waals surface area contributed by atoms with Crippen molar-refractivity contribution in [3.05, 3.63) is 47.2 Å². The zero-order valence-corrected chi connectivity index (χ0v) is 16.5. The maximum Gasteiger partial charge on any atom is 0.306 e. The zero-order chi connectivity index (χ0) is 20.5. The molecule has 3 rings (SSSR count). The van der Waals surface area contributed by atoms with Crippen molar-refractivity contribution in [3.63, 3.8) is 0 Å². The van der Waals surface area contributed by atoms with Crippen LogP contribution >= 0.6 is 0 Å². The fourth-order valence-corrected chi connectivity index (χ4v) is 3.18. The molecule has 0 saturated heterocycles. The molecule has 9 heteroatoms. The van der Waals surface area contributed by atoms with Gasteiger partial charge in [-0.05, 0) is 35.9 Å². The molecular formula is C19H18O8S. The lowest BCUT2D eigenvalue weighted by molar-refractivity contribution is 0.101. The quantitative estimate of drug-likeness (QED) is 0.534. The van der Waals surface area contributed by atoms with Crippen LogP contribution in [-0.4, -0.2) is 41.8 Å². The van der Waals surface area contributed by atoms with Crippen LogP contribution in [0.1, 0.15) is 15.9 Å². The Bertz CT molecular complexity index is 1040. The van der Waals surface area contributed by atoms with E-state index in [2.05, 4.69) is 0 Å². The van der Waals surface area contributed by atoms with Crippen molar-refractivity contribution in [2.24, 2.45) is 0 Å². The molecule has 0 bridgehead atoms. The molecule has 148 valence electrons. The monoisotopic (exact) mass is 406 g/mol. The van der Waals surface area contributed by atoms with Gasteiger partial charge in [-0.1, -0.05) is 0 Å². The van der Waals surface area contributed by atoms with Crippen molar-refractivity contribution in [2.45, 2.75) is 0 Å². The van der Waals surface area contributed by atoms with Crippen LogP contribution in [0.15, 0.2) is 36.1 Å². The molecule has 0 aliphatic carbocycles. The second kappa shape index (κ2) is 7.43. The summed E-state index contributed by atoms with van der Waals surface area (Å²) in [5.74, 6) is 1.29. The number of hydrogen-bond acceptors (Lipinski definition) is 8. The van der Waals surface area contributed by atoms with E-state index in [1.165, 1.54) is 45.6 Å². The molecule has 0 aromatic heterocycles. The summed E-state index contributed by atoms with van der Waals surface area (Å²) >= 11 is 0. The van der Waals surface area contributed by atoms with Gasteiger partial charge in [0.2, 0.25) is 11.5 Å². The zero-order valence-electron chi connectivity index (χ0n) is 15.6. The smallest absolute Gasteiger partial charge is 0.306 e.